The van der Waals surface area contributed by atoms with Gasteiger partial charge in [-0.1, -0.05) is 27.5 Å². The molecule has 0 amide bonds. The van der Waals surface area contributed by atoms with E-state index >= 15 is 0 Å². The second-order valence-electron chi connectivity index (χ2n) is 4.43. The lowest BCUT2D eigenvalue weighted by Gasteiger charge is -2.11. The molecular formula is C13H14BrClN2O2S2. The van der Waals surface area contributed by atoms with E-state index in [4.69, 9.17) is 11.6 Å². The number of nitrogens with one attached hydrogen (secondary N) is 2. The van der Waals surface area contributed by atoms with Gasteiger partial charge < -0.3 is 5.32 Å². The number of anilines is 1. The average Bonchev–Trinajstić information content (AvgIpc) is 2.75. The number of hydrogen-bond donors (Lipinski definition) is 2. The summed E-state index contributed by atoms with van der Waals surface area (Å²) in [4.78, 5) is 1.09. The van der Waals surface area contributed by atoms with Gasteiger partial charge in [-0.25, -0.2) is 8.42 Å². The number of sulfonamides is 1. The molecule has 4 nitrogen and oxygen atoms in total. The fourth-order valence-electron chi connectivity index (χ4n) is 1.90. The quantitative estimate of drug-likeness (QED) is 0.785. The highest BCUT2D eigenvalue weighted by molar-refractivity contribution is 9.10. The number of thiophene rings is 1. The van der Waals surface area contributed by atoms with Gasteiger partial charge in [0.2, 0.25) is 0 Å². The van der Waals surface area contributed by atoms with E-state index in [0.717, 1.165) is 14.9 Å². The number of benzene rings is 1. The van der Waals surface area contributed by atoms with Crippen molar-refractivity contribution < 1.29 is 8.42 Å². The summed E-state index contributed by atoms with van der Waals surface area (Å²) >= 11 is 10.8. The molecule has 0 saturated heterocycles. The Bertz CT molecular complexity index is 760. The Labute approximate surface area is 141 Å². The van der Waals surface area contributed by atoms with Crippen LogP contribution in [0.3, 0.4) is 0 Å². The maximum absolute atomic E-state index is 12.6. The summed E-state index contributed by atoms with van der Waals surface area (Å²) in [5.74, 6) is 0. The Hall–Kier alpha value is -0.600. The van der Waals surface area contributed by atoms with Crippen molar-refractivity contribution in [1.29, 1.82) is 0 Å². The molecule has 0 bridgehead atoms. The third kappa shape index (κ3) is 3.78. The maximum Gasteiger partial charge on any atom is 0.263 e. The molecule has 0 aliphatic carbocycles. The molecule has 0 unspecified atom stereocenters. The molecule has 2 aromatic rings. The minimum absolute atomic E-state index is 0.320. The lowest BCUT2D eigenvalue weighted by atomic mass is 10.3. The molecule has 0 aliphatic heterocycles. The van der Waals surface area contributed by atoms with Gasteiger partial charge in [0.1, 0.15) is 4.90 Å². The van der Waals surface area contributed by atoms with Crippen molar-refractivity contribution >= 4 is 54.6 Å². The molecular weight excluding hydrogens is 396 g/mol. The van der Waals surface area contributed by atoms with Crippen LogP contribution >= 0.6 is 38.9 Å². The van der Waals surface area contributed by atoms with Crippen LogP contribution in [0.25, 0.3) is 0 Å². The lowest BCUT2D eigenvalue weighted by molar-refractivity contribution is 0.599. The van der Waals surface area contributed by atoms with Crippen LogP contribution in [-0.2, 0) is 16.6 Å². The van der Waals surface area contributed by atoms with E-state index < -0.39 is 10.0 Å². The molecule has 8 heteroatoms. The van der Waals surface area contributed by atoms with Crippen LogP contribution in [0.1, 0.15) is 10.4 Å². The van der Waals surface area contributed by atoms with Crippen LogP contribution in [0.5, 0.6) is 0 Å². The Balaban J connectivity index is 2.41. The van der Waals surface area contributed by atoms with Crippen molar-refractivity contribution in [3.05, 3.63) is 43.5 Å². The first-order chi connectivity index (χ1) is 9.85. The average molecular weight is 410 g/mol. The van der Waals surface area contributed by atoms with E-state index in [0.29, 0.717) is 22.2 Å². The van der Waals surface area contributed by atoms with E-state index in [1.54, 1.807) is 32.2 Å². The molecule has 2 rings (SSSR count). The van der Waals surface area contributed by atoms with E-state index in [-0.39, 0.29) is 0 Å². The maximum atomic E-state index is 12.6. The summed E-state index contributed by atoms with van der Waals surface area (Å²) in [5.41, 5.74) is 1.09. The monoisotopic (exact) mass is 408 g/mol. The van der Waals surface area contributed by atoms with Crippen LogP contribution in [0.4, 0.5) is 5.69 Å². The van der Waals surface area contributed by atoms with Crippen molar-refractivity contribution in [2.45, 2.75) is 18.4 Å². The summed E-state index contributed by atoms with van der Waals surface area (Å²) < 4.78 is 28.6. The topological polar surface area (TPSA) is 58.2 Å². The zero-order valence-corrected chi connectivity index (χ0v) is 15.4. The predicted molar refractivity (Wildman–Crippen MR) is 91.8 cm³/mol. The number of aryl methyl sites for hydroxylation is 1. The predicted octanol–water partition coefficient (Wildman–Crippen LogP) is 3.99. The lowest BCUT2D eigenvalue weighted by Crippen LogP contribution is -2.17. The summed E-state index contributed by atoms with van der Waals surface area (Å²) in [6.07, 6.45) is 0. The summed E-state index contributed by atoms with van der Waals surface area (Å²) in [7, 11) is -1.89. The van der Waals surface area contributed by atoms with E-state index in [1.165, 1.54) is 11.3 Å². The second-order valence-corrected chi connectivity index (χ2v) is 8.34. The van der Waals surface area contributed by atoms with E-state index in [2.05, 4.69) is 26.0 Å². The Morgan fingerprint density at radius 1 is 1.38 bits per heavy atom. The molecule has 0 spiro atoms. The van der Waals surface area contributed by atoms with Crippen molar-refractivity contribution in [3.8, 4) is 0 Å². The first kappa shape index (κ1) is 16.8. The van der Waals surface area contributed by atoms with Gasteiger partial charge in [-0.3, -0.25) is 4.72 Å². The zero-order valence-electron chi connectivity index (χ0n) is 11.4. The molecule has 0 saturated carbocycles. The van der Waals surface area contributed by atoms with Gasteiger partial charge in [-0.2, -0.15) is 0 Å². The molecule has 21 heavy (non-hydrogen) atoms. The van der Waals surface area contributed by atoms with Gasteiger partial charge in [0, 0.05) is 15.9 Å². The fourth-order valence-corrected chi connectivity index (χ4v) is 5.58. The third-order valence-electron chi connectivity index (χ3n) is 2.77. The van der Waals surface area contributed by atoms with Gasteiger partial charge in [-0.15, -0.1) is 11.3 Å². The fraction of sp³-hybridized carbons (Fsp3) is 0.231. The molecule has 0 radical (unpaired) electrons. The highest BCUT2D eigenvalue weighted by atomic mass is 79.9. The third-order valence-corrected chi connectivity index (χ3v) is 6.40. The van der Waals surface area contributed by atoms with Crippen LogP contribution in [-0.4, -0.2) is 15.5 Å². The highest BCUT2D eigenvalue weighted by Gasteiger charge is 2.23. The number of hydrogen-bond acceptors (Lipinski definition) is 4. The molecule has 1 heterocycles. The summed E-state index contributed by atoms with van der Waals surface area (Å²) in [6, 6.07) is 5.01. The molecule has 0 fully saturated rings. The Morgan fingerprint density at radius 2 is 2.10 bits per heavy atom. The number of rotatable bonds is 5. The summed E-state index contributed by atoms with van der Waals surface area (Å²) in [6.45, 7) is 2.29. The zero-order chi connectivity index (χ0) is 15.6. The molecule has 1 aromatic carbocycles. The van der Waals surface area contributed by atoms with Crippen LogP contribution in [0, 0.1) is 6.92 Å². The first-order valence-electron chi connectivity index (χ1n) is 6.04. The largest absolute Gasteiger partial charge is 0.315 e. The standard InChI is InChI=1S/C13H14BrClN2O2S2/c1-8-7-20-12(6-16-2)13(8)21(18,19)17-11-4-3-9(14)5-10(11)15/h3-5,7,16-17H,6H2,1-2H3. The van der Waals surface area contributed by atoms with Gasteiger partial charge in [0.25, 0.3) is 10.0 Å². The minimum atomic E-state index is -3.67. The van der Waals surface area contributed by atoms with E-state index in [9.17, 15) is 8.42 Å². The van der Waals surface area contributed by atoms with Crippen molar-refractivity contribution in [2.24, 2.45) is 0 Å². The molecule has 1 aromatic heterocycles. The summed E-state index contributed by atoms with van der Waals surface area (Å²) in [5, 5.41) is 5.16. The van der Waals surface area contributed by atoms with Crippen LogP contribution < -0.4 is 10.0 Å². The van der Waals surface area contributed by atoms with Crippen LogP contribution in [0.15, 0.2) is 32.9 Å². The minimum Gasteiger partial charge on any atom is -0.315 e. The molecule has 0 atom stereocenters. The normalized spacial score (nSPS) is 11.6. The highest BCUT2D eigenvalue weighted by Crippen LogP contribution is 2.31. The van der Waals surface area contributed by atoms with Crippen LogP contribution in [0.2, 0.25) is 5.02 Å². The smallest absolute Gasteiger partial charge is 0.263 e. The van der Waals surface area contributed by atoms with Gasteiger partial charge in [-0.05, 0) is 43.1 Å². The molecule has 114 valence electrons. The van der Waals surface area contributed by atoms with Gasteiger partial charge >= 0.3 is 0 Å². The Kier molecular flexibility index (Phi) is 5.32. The SMILES string of the molecule is CNCc1scc(C)c1S(=O)(=O)Nc1ccc(Br)cc1Cl. The van der Waals surface area contributed by atoms with E-state index in [1.807, 2.05) is 5.38 Å². The van der Waals surface area contributed by atoms with Gasteiger partial charge in [0.15, 0.2) is 0 Å². The Morgan fingerprint density at radius 3 is 2.71 bits per heavy atom. The molecule has 0 aliphatic rings. The van der Waals surface area contributed by atoms with Crippen molar-refractivity contribution in [2.75, 3.05) is 11.8 Å². The van der Waals surface area contributed by atoms with Crippen molar-refractivity contribution in [3.63, 3.8) is 0 Å². The first-order valence-corrected chi connectivity index (χ1v) is 9.58. The van der Waals surface area contributed by atoms with Crippen molar-refractivity contribution in [1.82, 2.24) is 5.32 Å². The van der Waals surface area contributed by atoms with Gasteiger partial charge in [0.05, 0.1) is 10.7 Å². The second kappa shape index (κ2) is 6.66. The molecule has 2 N–H and O–H groups in total. The number of halogens is 2.